The summed E-state index contributed by atoms with van der Waals surface area (Å²) in [6.07, 6.45) is 6.53. The minimum Gasteiger partial charge on any atom is -0.491 e. The summed E-state index contributed by atoms with van der Waals surface area (Å²) >= 11 is 0. The van der Waals surface area contributed by atoms with Crippen molar-refractivity contribution in [3.8, 4) is 5.75 Å². The number of carbonyl (C=O) groups excluding carboxylic acids is 1. The van der Waals surface area contributed by atoms with Crippen molar-refractivity contribution in [3.63, 3.8) is 0 Å². The summed E-state index contributed by atoms with van der Waals surface area (Å²) in [5.74, 6) is 0.842. The highest BCUT2D eigenvalue weighted by Crippen LogP contribution is 2.25. The fourth-order valence-corrected chi connectivity index (χ4v) is 2.73. The largest absolute Gasteiger partial charge is 0.491 e. The van der Waals surface area contributed by atoms with Crippen molar-refractivity contribution in [1.82, 2.24) is 10.3 Å². The first-order chi connectivity index (χ1) is 13.1. The van der Waals surface area contributed by atoms with Crippen molar-refractivity contribution in [2.75, 3.05) is 20.2 Å². The predicted molar refractivity (Wildman–Crippen MR) is 109 cm³/mol. The van der Waals surface area contributed by atoms with Crippen molar-refractivity contribution in [3.05, 3.63) is 64.6 Å². The molecule has 0 bridgehead atoms. The highest BCUT2D eigenvalue weighted by Gasteiger charge is 2.08. The van der Waals surface area contributed by atoms with Gasteiger partial charge in [0.1, 0.15) is 12.4 Å². The first-order valence-corrected chi connectivity index (χ1v) is 8.78. The van der Waals surface area contributed by atoms with Crippen LogP contribution in [-0.4, -0.2) is 37.8 Å². The van der Waals surface area contributed by atoms with E-state index in [4.69, 9.17) is 10.5 Å². The van der Waals surface area contributed by atoms with E-state index in [0.29, 0.717) is 19.6 Å². The standard InChI is InChI=1S/C21H26N4O2/c1-15-9-21(27-7-6-24-14-26)16(2)8-18(15)10-17-4-5-20(25-12-17)19(11-22)13-23-3/h4-5,8-9,11-14H,6-7,10,22H2,1-3H3,(H,24,26)/b19-11+,23-13?. The molecule has 0 saturated heterocycles. The van der Waals surface area contributed by atoms with Crippen LogP contribution in [0.4, 0.5) is 0 Å². The number of aryl methyl sites for hydroxylation is 2. The maximum Gasteiger partial charge on any atom is 0.207 e. The number of allylic oxidation sites excluding steroid dienone is 1. The molecule has 0 fully saturated rings. The van der Waals surface area contributed by atoms with Gasteiger partial charge in [-0.3, -0.25) is 14.8 Å². The average molecular weight is 366 g/mol. The molecule has 0 radical (unpaired) electrons. The minimum absolute atomic E-state index is 0.446. The second kappa shape index (κ2) is 10.1. The molecule has 1 aromatic carbocycles. The first-order valence-electron chi connectivity index (χ1n) is 8.78. The van der Waals surface area contributed by atoms with E-state index in [-0.39, 0.29) is 0 Å². The molecule has 0 unspecified atom stereocenters. The number of pyridine rings is 1. The first kappa shape index (κ1) is 20.2. The van der Waals surface area contributed by atoms with Crippen LogP contribution in [0.1, 0.15) is 27.9 Å². The zero-order valence-corrected chi connectivity index (χ0v) is 16.0. The summed E-state index contributed by atoms with van der Waals surface area (Å²) < 4.78 is 5.74. The summed E-state index contributed by atoms with van der Waals surface area (Å²) in [5.41, 5.74) is 11.8. The molecule has 2 rings (SSSR count). The fraction of sp³-hybridized carbons (Fsp3) is 0.286. The Kier molecular flexibility index (Phi) is 7.55. The Hall–Kier alpha value is -3.15. The van der Waals surface area contributed by atoms with Gasteiger partial charge >= 0.3 is 0 Å². The lowest BCUT2D eigenvalue weighted by molar-refractivity contribution is -0.109. The Morgan fingerprint density at radius 2 is 2.11 bits per heavy atom. The van der Waals surface area contributed by atoms with Gasteiger partial charge in [-0.05, 0) is 54.7 Å². The van der Waals surface area contributed by atoms with Gasteiger partial charge in [-0.25, -0.2) is 0 Å². The number of amides is 1. The van der Waals surface area contributed by atoms with Gasteiger partial charge in [0.05, 0.1) is 12.2 Å². The van der Waals surface area contributed by atoms with E-state index in [2.05, 4.69) is 34.3 Å². The Bertz CT molecular complexity index is 827. The minimum atomic E-state index is 0.446. The highest BCUT2D eigenvalue weighted by molar-refractivity contribution is 6.08. The molecule has 1 aromatic heterocycles. The Balaban J connectivity index is 2.10. The monoisotopic (exact) mass is 366 g/mol. The molecule has 27 heavy (non-hydrogen) atoms. The van der Waals surface area contributed by atoms with Gasteiger partial charge in [0.25, 0.3) is 0 Å². The highest BCUT2D eigenvalue weighted by atomic mass is 16.5. The predicted octanol–water partition coefficient (Wildman–Crippen LogP) is 2.41. The van der Waals surface area contributed by atoms with Gasteiger partial charge in [0.15, 0.2) is 0 Å². The van der Waals surface area contributed by atoms with E-state index >= 15 is 0 Å². The van der Waals surface area contributed by atoms with Crippen molar-refractivity contribution < 1.29 is 9.53 Å². The molecule has 0 aliphatic carbocycles. The van der Waals surface area contributed by atoms with E-state index in [1.165, 1.54) is 11.8 Å². The number of aromatic nitrogens is 1. The van der Waals surface area contributed by atoms with Crippen molar-refractivity contribution in [2.45, 2.75) is 20.3 Å². The lowest BCUT2D eigenvalue weighted by atomic mass is 9.98. The number of benzene rings is 1. The number of hydrogen-bond donors (Lipinski definition) is 2. The number of carbonyl (C=O) groups is 1. The lowest BCUT2D eigenvalue weighted by Crippen LogP contribution is -2.19. The fourth-order valence-electron chi connectivity index (χ4n) is 2.73. The van der Waals surface area contributed by atoms with Crippen LogP contribution in [0, 0.1) is 13.8 Å². The molecule has 142 valence electrons. The van der Waals surface area contributed by atoms with Crippen LogP contribution in [0.15, 0.2) is 41.7 Å². The quantitative estimate of drug-likeness (QED) is 0.405. The number of nitrogens with two attached hydrogens (primary N) is 1. The Labute approximate surface area is 160 Å². The third kappa shape index (κ3) is 5.67. The maximum atomic E-state index is 10.3. The van der Waals surface area contributed by atoms with Crippen LogP contribution in [0.5, 0.6) is 5.75 Å². The smallest absolute Gasteiger partial charge is 0.207 e. The SMILES string of the molecule is CN=C/C(=C\N)c1ccc(Cc2cc(C)c(OCCNC=O)cc2C)cn1. The van der Waals surface area contributed by atoms with Gasteiger partial charge in [-0.1, -0.05) is 12.1 Å². The van der Waals surface area contributed by atoms with Crippen molar-refractivity contribution in [2.24, 2.45) is 10.7 Å². The molecule has 0 aliphatic heterocycles. The van der Waals surface area contributed by atoms with Crippen molar-refractivity contribution >= 4 is 18.2 Å². The molecule has 6 nitrogen and oxygen atoms in total. The molecule has 0 saturated carbocycles. The normalized spacial score (nSPS) is 11.6. The number of nitrogens with one attached hydrogen (secondary N) is 1. The molecule has 6 heteroatoms. The topological polar surface area (TPSA) is 89.6 Å². The molecule has 0 aliphatic rings. The summed E-state index contributed by atoms with van der Waals surface area (Å²) in [5, 5.41) is 2.59. The molecule has 0 spiro atoms. The molecule has 3 N–H and O–H groups in total. The third-order valence-corrected chi connectivity index (χ3v) is 4.18. The van der Waals surface area contributed by atoms with Gasteiger partial charge < -0.3 is 15.8 Å². The molecular formula is C21H26N4O2. The molecule has 2 aromatic rings. The number of ether oxygens (including phenoxy) is 1. The summed E-state index contributed by atoms with van der Waals surface area (Å²) in [6, 6.07) is 8.19. The molecular weight excluding hydrogens is 340 g/mol. The van der Waals surface area contributed by atoms with Gasteiger partial charge in [-0.2, -0.15) is 0 Å². The molecule has 0 atom stereocenters. The van der Waals surface area contributed by atoms with Crippen LogP contribution in [0.25, 0.3) is 5.57 Å². The van der Waals surface area contributed by atoms with E-state index in [0.717, 1.165) is 40.1 Å². The van der Waals surface area contributed by atoms with Crippen LogP contribution in [-0.2, 0) is 11.2 Å². The van der Waals surface area contributed by atoms with Crippen molar-refractivity contribution in [1.29, 1.82) is 0 Å². The lowest BCUT2D eigenvalue weighted by Gasteiger charge is -2.14. The van der Waals surface area contributed by atoms with E-state index in [1.54, 1.807) is 13.3 Å². The Morgan fingerprint density at radius 3 is 2.74 bits per heavy atom. The van der Waals surface area contributed by atoms with E-state index < -0.39 is 0 Å². The number of aliphatic imine (C=N–C) groups is 1. The van der Waals surface area contributed by atoms with E-state index in [9.17, 15) is 4.79 Å². The van der Waals surface area contributed by atoms with E-state index in [1.807, 2.05) is 25.3 Å². The van der Waals surface area contributed by atoms with Crippen LogP contribution in [0.3, 0.4) is 0 Å². The van der Waals surface area contributed by atoms with Crippen LogP contribution >= 0.6 is 0 Å². The van der Waals surface area contributed by atoms with Crippen LogP contribution in [0.2, 0.25) is 0 Å². The second-order valence-corrected chi connectivity index (χ2v) is 6.20. The second-order valence-electron chi connectivity index (χ2n) is 6.20. The summed E-state index contributed by atoms with van der Waals surface area (Å²) in [4.78, 5) is 18.8. The number of rotatable bonds is 9. The third-order valence-electron chi connectivity index (χ3n) is 4.18. The Morgan fingerprint density at radius 1 is 1.30 bits per heavy atom. The van der Waals surface area contributed by atoms with Gasteiger partial charge in [0.2, 0.25) is 6.41 Å². The average Bonchev–Trinajstić information content (AvgIpc) is 2.67. The zero-order valence-electron chi connectivity index (χ0n) is 16.0. The van der Waals surface area contributed by atoms with Gasteiger partial charge in [-0.15, -0.1) is 0 Å². The zero-order chi connectivity index (χ0) is 19.6. The summed E-state index contributed by atoms with van der Waals surface area (Å²) in [7, 11) is 1.70. The molecule has 1 amide bonds. The molecule has 1 heterocycles. The maximum absolute atomic E-state index is 10.3. The summed E-state index contributed by atoms with van der Waals surface area (Å²) in [6.45, 7) is 5.03. The van der Waals surface area contributed by atoms with Crippen LogP contribution < -0.4 is 15.8 Å². The number of nitrogens with zero attached hydrogens (tertiary/aromatic N) is 2. The van der Waals surface area contributed by atoms with Gasteiger partial charge in [0, 0.05) is 31.2 Å². The number of hydrogen-bond acceptors (Lipinski definition) is 5.